The predicted octanol–water partition coefficient (Wildman–Crippen LogP) is 1.89. The Balaban J connectivity index is 1.93. The number of nitrogens with zero attached hydrogens (tertiary/aromatic N) is 3. The molecule has 2 atom stereocenters. The normalized spacial score (nSPS) is 18.7. The third-order valence-corrected chi connectivity index (χ3v) is 5.64. The molecule has 0 saturated heterocycles. The highest BCUT2D eigenvalue weighted by atomic mass is 32.1. The Morgan fingerprint density at radius 3 is 3.04 bits per heavy atom. The number of rotatable bonds is 4. The van der Waals surface area contributed by atoms with E-state index in [4.69, 9.17) is 0 Å². The summed E-state index contributed by atoms with van der Waals surface area (Å²) in [5.74, 6) is 0.444. The van der Waals surface area contributed by atoms with Crippen molar-refractivity contribution in [2.45, 2.75) is 59.0 Å². The molecule has 23 heavy (non-hydrogen) atoms. The maximum atomic E-state index is 12.7. The van der Waals surface area contributed by atoms with Gasteiger partial charge in [-0.1, -0.05) is 19.1 Å². The van der Waals surface area contributed by atoms with Crippen molar-refractivity contribution in [3.63, 3.8) is 0 Å². The molecule has 0 saturated carbocycles. The first-order chi connectivity index (χ1) is 11.0. The Hall–Kier alpha value is -1.76. The number of fused-ring (bicyclic) bond motifs is 3. The summed E-state index contributed by atoms with van der Waals surface area (Å²) in [6, 6.07) is 0.0882. The number of carbonyl (C=O) groups is 1. The van der Waals surface area contributed by atoms with Gasteiger partial charge in [-0.3, -0.25) is 9.59 Å². The van der Waals surface area contributed by atoms with Gasteiger partial charge < -0.3 is 5.32 Å². The van der Waals surface area contributed by atoms with Crippen molar-refractivity contribution in [3.8, 4) is 0 Å². The second-order valence-corrected chi connectivity index (χ2v) is 7.54. The summed E-state index contributed by atoms with van der Waals surface area (Å²) >= 11 is 1.57. The SMILES string of the molecule is CC[C@@H](C)NC(=O)Cn1nnc2sc3c(c2c1=O)CC[C@H](C)C3. The zero-order chi connectivity index (χ0) is 16.6. The van der Waals surface area contributed by atoms with Crippen molar-refractivity contribution in [2.75, 3.05) is 0 Å². The van der Waals surface area contributed by atoms with Gasteiger partial charge in [-0.25, -0.2) is 4.68 Å². The molecule has 2 aromatic rings. The number of nitrogens with one attached hydrogen (secondary N) is 1. The van der Waals surface area contributed by atoms with Crippen LogP contribution in [-0.4, -0.2) is 26.9 Å². The highest BCUT2D eigenvalue weighted by Gasteiger charge is 2.24. The summed E-state index contributed by atoms with van der Waals surface area (Å²) in [6.45, 7) is 6.09. The van der Waals surface area contributed by atoms with Gasteiger partial charge in [0.1, 0.15) is 6.54 Å². The van der Waals surface area contributed by atoms with Crippen LogP contribution >= 0.6 is 11.3 Å². The fourth-order valence-electron chi connectivity index (χ4n) is 2.95. The molecule has 7 heteroatoms. The smallest absolute Gasteiger partial charge is 0.279 e. The summed E-state index contributed by atoms with van der Waals surface area (Å²) in [6.07, 6.45) is 3.86. The van der Waals surface area contributed by atoms with Gasteiger partial charge in [-0.05, 0) is 44.1 Å². The molecule has 1 aliphatic carbocycles. The second-order valence-electron chi connectivity index (χ2n) is 6.46. The van der Waals surface area contributed by atoms with Crippen molar-refractivity contribution in [2.24, 2.45) is 5.92 Å². The molecule has 2 aromatic heterocycles. The summed E-state index contributed by atoms with van der Waals surface area (Å²) < 4.78 is 1.19. The monoisotopic (exact) mass is 334 g/mol. The van der Waals surface area contributed by atoms with Gasteiger partial charge in [-0.2, -0.15) is 0 Å². The highest BCUT2D eigenvalue weighted by molar-refractivity contribution is 7.18. The molecule has 0 aliphatic heterocycles. The van der Waals surface area contributed by atoms with E-state index in [0.29, 0.717) is 16.1 Å². The number of thiophene rings is 1. The summed E-state index contributed by atoms with van der Waals surface area (Å²) in [5.41, 5.74) is 0.931. The first-order valence-corrected chi connectivity index (χ1v) is 8.98. The average molecular weight is 334 g/mol. The van der Waals surface area contributed by atoms with Gasteiger partial charge >= 0.3 is 0 Å². The molecule has 1 amide bonds. The van der Waals surface area contributed by atoms with E-state index >= 15 is 0 Å². The van der Waals surface area contributed by atoms with Gasteiger partial charge in [0.15, 0.2) is 4.83 Å². The van der Waals surface area contributed by atoms with Crippen molar-refractivity contribution in [1.29, 1.82) is 0 Å². The lowest BCUT2D eigenvalue weighted by Gasteiger charge is -2.17. The maximum absolute atomic E-state index is 12.7. The molecule has 6 nitrogen and oxygen atoms in total. The molecule has 124 valence electrons. The maximum Gasteiger partial charge on any atom is 0.279 e. The van der Waals surface area contributed by atoms with E-state index < -0.39 is 0 Å². The van der Waals surface area contributed by atoms with Gasteiger partial charge in [0.2, 0.25) is 5.91 Å². The molecule has 0 radical (unpaired) electrons. The molecule has 1 N–H and O–H groups in total. The number of hydrogen-bond acceptors (Lipinski definition) is 5. The molecule has 0 fully saturated rings. The van der Waals surface area contributed by atoms with Gasteiger partial charge in [0, 0.05) is 10.9 Å². The lowest BCUT2D eigenvalue weighted by Crippen LogP contribution is -2.38. The van der Waals surface area contributed by atoms with Crippen LogP contribution in [-0.2, 0) is 24.2 Å². The van der Waals surface area contributed by atoms with Crippen LogP contribution in [0.4, 0.5) is 0 Å². The third-order valence-electron chi connectivity index (χ3n) is 4.50. The Labute approximate surface area is 138 Å². The van der Waals surface area contributed by atoms with E-state index in [0.717, 1.165) is 31.2 Å². The van der Waals surface area contributed by atoms with Crippen molar-refractivity contribution < 1.29 is 4.79 Å². The molecular formula is C16H22N4O2S. The minimum atomic E-state index is -0.201. The largest absolute Gasteiger partial charge is 0.352 e. The fraction of sp³-hybridized carbons (Fsp3) is 0.625. The first-order valence-electron chi connectivity index (χ1n) is 8.17. The summed E-state index contributed by atoms with van der Waals surface area (Å²) in [4.78, 5) is 26.7. The quantitative estimate of drug-likeness (QED) is 0.926. The Morgan fingerprint density at radius 2 is 2.30 bits per heavy atom. The number of amides is 1. The van der Waals surface area contributed by atoms with Crippen LogP contribution in [0.3, 0.4) is 0 Å². The number of aromatic nitrogens is 3. The molecule has 3 rings (SSSR count). The number of hydrogen-bond donors (Lipinski definition) is 1. The first kappa shape index (κ1) is 16.1. The molecular weight excluding hydrogens is 312 g/mol. The van der Waals surface area contributed by atoms with Crippen LogP contribution in [0.2, 0.25) is 0 Å². The number of carbonyl (C=O) groups excluding carboxylic acids is 1. The van der Waals surface area contributed by atoms with Crippen LogP contribution < -0.4 is 10.9 Å². The Morgan fingerprint density at radius 1 is 1.52 bits per heavy atom. The van der Waals surface area contributed by atoms with Gasteiger partial charge in [0.25, 0.3) is 5.56 Å². The molecule has 0 unspecified atom stereocenters. The van der Waals surface area contributed by atoms with Crippen molar-refractivity contribution >= 4 is 27.5 Å². The van der Waals surface area contributed by atoms with E-state index in [1.54, 1.807) is 11.3 Å². The summed E-state index contributed by atoms with van der Waals surface area (Å²) in [5, 5.41) is 11.6. The van der Waals surface area contributed by atoms with Crippen LogP contribution in [0, 0.1) is 5.92 Å². The van der Waals surface area contributed by atoms with Crippen LogP contribution in [0.15, 0.2) is 4.79 Å². The highest BCUT2D eigenvalue weighted by Crippen LogP contribution is 2.35. The topological polar surface area (TPSA) is 76.9 Å². The molecule has 2 heterocycles. The standard InChI is InChI=1S/C16H22N4O2S/c1-4-10(3)17-13(21)8-20-16(22)14-11-6-5-9(2)7-12(11)23-15(14)18-19-20/h9-10H,4-8H2,1-3H3,(H,17,21)/t9-,10+/m0/s1. The van der Waals surface area contributed by atoms with Gasteiger partial charge in [0.05, 0.1) is 5.39 Å². The Kier molecular flexibility index (Phi) is 4.48. The zero-order valence-electron chi connectivity index (χ0n) is 13.8. The van der Waals surface area contributed by atoms with E-state index in [-0.39, 0.29) is 24.1 Å². The lowest BCUT2D eigenvalue weighted by atomic mass is 9.89. The van der Waals surface area contributed by atoms with Crippen LogP contribution in [0.1, 0.15) is 44.1 Å². The lowest BCUT2D eigenvalue weighted by molar-refractivity contribution is -0.122. The third kappa shape index (κ3) is 3.15. The van der Waals surface area contributed by atoms with E-state index in [1.165, 1.54) is 9.56 Å². The second kappa shape index (κ2) is 6.39. The van der Waals surface area contributed by atoms with Crippen LogP contribution in [0.5, 0.6) is 0 Å². The molecule has 0 bridgehead atoms. The average Bonchev–Trinajstić information content (AvgIpc) is 2.88. The van der Waals surface area contributed by atoms with E-state index in [9.17, 15) is 9.59 Å². The Bertz CT molecular complexity index is 795. The zero-order valence-corrected chi connectivity index (χ0v) is 14.6. The minimum Gasteiger partial charge on any atom is -0.352 e. The predicted molar refractivity (Wildman–Crippen MR) is 90.8 cm³/mol. The molecule has 0 aromatic carbocycles. The number of aryl methyl sites for hydroxylation is 1. The molecule has 0 spiro atoms. The van der Waals surface area contributed by atoms with E-state index in [1.807, 2.05) is 13.8 Å². The van der Waals surface area contributed by atoms with E-state index in [2.05, 4.69) is 22.6 Å². The fourth-order valence-corrected chi connectivity index (χ4v) is 4.27. The van der Waals surface area contributed by atoms with Gasteiger partial charge in [-0.15, -0.1) is 16.4 Å². The van der Waals surface area contributed by atoms with Crippen molar-refractivity contribution in [1.82, 2.24) is 20.3 Å². The van der Waals surface area contributed by atoms with Crippen LogP contribution in [0.25, 0.3) is 10.2 Å². The molecule has 1 aliphatic rings. The van der Waals surface area contributed by atoms with Crippen molar-refractivity contribution in [3.05, 3.63) is 20.8 Å². The minimum absolute atomic E-state index is 0.0763. The summed E-state index contributed by atoms with van der Waals surface area (Å²) in [7, 11) is 0.